The Bertz CT molecular complexity index is 1430. The maximum absolute atomic E-state index is 13.5. The maximum Gasteiger partial charge on any atom is 0.243 e. The standard InChI is InChI=1S/C19H20Cl4N2O6S3/c1-19(6-9-32(26,27)12-19)25(34(30,31)14-3-5-16(21)18(23)11-14)8-7-24-33(28,29)13-2-4-15(20)17(22)10-13/h2-5,10-11,24H,6-9,12H2,1H3/t19-/m1/s1. The van der Waals surface area contributed by atoms with E-state index in [1.54, 1.807) is 0 Å². The van der Waals surface area contributed by atoms with E-state index in [0.717, 1.165) is 4.31 Å². The first-order chi connectivity index (χ1) is 15.6. The molecule has 0 amide bonds. The van der Waals surface area contributed by atoms with Crippen LogP contribution in [0.1, 0.15) is 13.3 Å². The molecule has 0 bridgehead atoms. The van der Waals surface area contributed by atoms with Crippen LogP contribution in [0.15, 0.2) is 46.2 Å². The second-order valence-electron chi connectivity index (χ2n) is 7.97. The van der Waals surface area contributed by atoms with Crippen molar-refractivity contribution in [3.63, 3.8) is 0 Å². The largest absolute Gasteiger partial charge is 0.243 e. The third kappa shape index (κ3) is 6.01. The second kappa shape index (κ2) is 10.0. The Kier molecular flexibility index (Phi) is 8.24. The van der Waals surface area contributed by atoms with Crippen molar-refractivity contribution in [2.24, 2.45) is 0 Å². The highest BCUT2D eigenvalue weighted by Crippen LogP contribution is 2.35. The van der Waals surface area contributed by atoms with Gasteiger partial charge >= 0.3 is 0 Å². The van der Waals surface area contributed by atoms with E-state index in [-0.39, 0.29) is 55.1 Å². The molecule has 0 saturated carbocycles. The van der Waals surface area contributed by atoms with Crippen molar-refractivity contribution < 1.29 is 25.3 Å². The second-order valence-corrected chi connectivity index (χ2v) is 15.4. The van der Waals surface area contributed by atoms with Gasteiger partial charge in [0.25, 0.3) is 0 Å². The number of sulfonamides is 2. The Morgan fingerprint density at radius 3 is 1.94 bits per heavy atom. The van der Waals surface area contributed by atoms with Crippen molar-refractivity contribution >= 4 is 76.3 Å². The Hall–Kier alpha value is -0.630. The molecule has 8 nitrogen and oxygen atoms in total. The summed E-state index contributed by atoms with van der Waals surface area (Å²) >= 11 is 23.6. The molecule has 1 aliphatic heterocycles. The zero-order chi connectivity index (χ0) is 25.5. The lowest BCUT2D eigenvalue weighted by Gasteiger charge is -2.36. The molecule has 2 aromatic rings. The number of sulfone groups is 1. The highest BCUT2D eigenvalue weighted by molar-refractivity contribution is 7.92. The maximum atomic E-state index is 13.5. The predicted octanol–water partition coefficient (Wildman–Crippen LogP) is 3.85. The van der Waals surface area contributed by atoms with Crippen molar-refractivity contribution in [3.8, 4) is 0 Å². The van der Waals surface area contributed by atoms with Gasteiger partial charge in [0.05, 0.1) is 41.4 Å². The van der Waals surface area contributed by atoms with Crippen LogP contribution in [0, 0.1) is 0 Å². The molecular formula is C19H20Cl4N2O6S3. The average molecular weight is 610 g/mol. The zero-order valence-electron chi connectivity index (χ0n) is 17.6. The lowest BCUT2D eigenvalue weighted by atomic mass is 10.0. The van der Waals surface area contributed by atoms with Crippen LogP contribution in [-0.4, -0.2) is 59.7 Å². The van der Waals surface area contributed by atoms with Gasteiger partial charge < -0.3 is 0 Å². The topological polar surface area (TPSA) is 118 Å². The number of halogens is 4. The fourth-order valence-electron chi connectivity index (χ4n) is 3.64. The van der Waals surface area contributed by atoms with Crippen molar-refractivity contribution in [2.45, 2.75) is 28.7 Å². The van der Waals surface area contributed by atoms with Crippen LogP contribution in [0.2, 0.25) is 20.1 Å². The van der Waals surface area contributed by atoms with Gasteiger partial charge in [-0.15, -0.1) is 0 Å². The minimum absolute atomic E-state index is 0.00667. The summed E-state index contributed by atoms with van der Waals surface area (Å²) in [5, 5.41) is 0.371. The summed E-state index contributed by atoms with van der Waals surface area (Å²) in [6.45, 7) is 0.841. The molecule has 3 rings (SSSR count). The first-order valence-corrected chi connectivity index (χ1v) is 16.0. The van der Waals surface area contributed by atoms with Crippen LogP contribution >= 0.6 is 46.4 Å². The van der Waals surface area contributed by atoms with E-state index in [4.69, 9.17) is 46.4 Å². The molecule has 1 fully saturated rings. The molecule has 2 aromatic carbocycles. The van der Waals surface area contributed by atoms with E-state index < -0.39 is 41.2 Å². The highest BCUT2D eigenvalue weighted by atomic mass is 35.5. The lowest BCUT2D eigenvalue weighted by molar-refractivity contribution is 0.236. The molecule has 1 atom stereocenters. The molecule has 0 aromatic heterocycles. The quantitative estimate of drug-likeness (QED) is 0.486. The van der Waals surface area contributed by atoms with Gasteiger partial charge in [-0.05, 0) is 49.7 Å². The molecule has 0 spiro atoms. The van der Waals surface area contributed by atoms with E-state index in [1.807, 2.05) is 0 Å². The predicted molar refractivity (Wildman–Crippen MR) is 134 cm³/mol. The summed E-state index contributed by atoms with van der Waals surface area (Å²) in [7, 11) is -11.8. The minimum atomic E-state index is -4.27. The van der Waals surface area contributed by atoms with Crippen molar-refractivity contribution in [1.82, 2.24) is 9.03 Å². The van der Waals surface area contributed by atoms with Gasteiger partial charge in [-0.3, -0.25) is 0 Å². The number of rotatable bonds is 8. The smallest absolute Gasteiger partial charge is 0.229 e. The van der Waals surface area contributed by atoms with Crippen LogP contribution in [0.25, 0.3) is 0 Å². The normalized spacial score (nSPS) is 20.6. The van der Waals surface area contributed by atoms with Gasteiger partial charge in [0, 0.05) is 18.6 Å². The van der Waals surface area contributed by atoms with Crippen molar-refractivity contribution in [2.75, 3.05) is 24.6 Å². The number of nitrogens with one attached hydrogen (secondary N) is 1. The van der Waals surface area contributed by atoms with Crippen LogP contribution in [0.5, 0.6) is 0 Å². The van der Waals surface area contributed by atoms with E-state index in [0.29, 0.717) is 0 Å². The Labute approximate surface area is 219 Å². The zero-order valence-corrected chi connectivity index (χ0v) is 23.1. The first kappa shape index (κ1) is 27.9. The summed E-state index contributed by atoms with van der Waals surface area (Å²) in [4.78, 5) is -0.352. The van der Waals surface area contributed by atoms with Crippen molar-refractivity contribution in [1.29, 1.82) is 0 Å². The van der Waals surface area contributed by atoms with Gasteiger partial charge in [0.15, 0.2) is 9.84 Å². The average Bonchev–Trinajstić information content (AvgIpc) is 3.02. The molecular weight excluding hydrogens is 590 g/mol. The minimum Gasteiger partial charge on any atom is -0.229 e. The summed E-state index contributed by atoms with van der Waals surface area (Å²) in [5.74, 6) is -0.591. The van der Waals surface area contributed by atoms with Gasteiger partial charge in [-0.2, -0.15) is 4.31 Å². The van der Waals surface area contributed by atoms with Crippen LogP contribution in [0.3, 0.4) is 0 Å². The van der Waals surface area contributed by atoms with Crippen molar-refractivity contribution in [3.05, 3.63) is 56.5 Å². The van der Waals surface area contributed by atoms with E-state index in [1.165, 1.54) is 43.3 Å². The Morgan fingerprint density at radius 1 is 0.912 bits per heavy atom. The fraction of sp³-hybridized carbons (Fsp3) is 0.368. The summed E-state index contributed by atoms with van der Waals surface area (Å²) in [6, 6.07) is 7.48. The molecule has 34 heavy (non-hydrogen) atoms. The van der Waals surface area contributed by atoms with Crippen LogP contribution < -0.4 is 4.72 Å². The SMILES string of the molecule is C[C@@]1(N(CCNS(=O)(=O)c2ccc(Cl)c(Cl)c2)S(=O)(=O)c2ccc(Cl)c(Cl)c2)CCS(=O)(=O)C1. The van der Waals surface area contributed by atoms with E-state index in [9.17, 15) is 25.3 Å². The molecule has 0 unspecified atom stereocenters. The first-order valence-electron chi connectivity index (χ1n) is 9.70. The summed E-state index contributed by atoms with van der Waals surface area (Å²) < 4.78 is 80.1. The number of hydrogen-bond acceptors (Lipinski definition) is 6. The number of benzene rings is 2. The third-order valence-corrected chi connectivity index (χ3v) is 12.2. The fourth-order valence-corrected chi connectivity index (χ4v) is 9.47. The third-order valence-electron chi connectivity index (χ3n) is 5.37. The monoisotopic (exact) mass is 608 g/mol. The molecule has 15 heteroatoms. The molecule has 188 valence electrons. The molecule has 0 aliphatic carbocycles. The Morgan fingerprint density at radius 2 is 1.44 bits per heavy atom. The van der Waals surface area contributed by atoms with Gasteiger partial charge in [0.1, 0.15) is 0 Å². The number of nitrogens with zero attached hydrogens (tertiary/aromatic N) is 1. The molecule has 1 N–H and O–H groups in total. The highest BCUT2D eigenvalue weighted by Gasteiger charge is 2.48. The molecule has 1 aliphatic rings. The van der Waals surface area contributed by atoms with Gasteiger partial charge in [-0.1, -0.05) is 46.4 Å². The lowest BCUT2D eigenvalue weighted by Crippen LogP contribution is -2.53. The van der Waals surface area contributed by atoms with Gasteiger partial charge in [-0.25, -0.2) is 30.0 Å². The van der Waals surface area contributed by atoms with E-state index in [2.05, 4.69) is 4.72 Å². The summed E-state index contributed by atoms with van der Waals surface area (Å²) in [6.07, 6.45) is 0.0510. The molecule has 1 heterocycles. The Balaban J connectivity index is 1.92. The van der Waals surface area contributed by atoms with Crippen LogP contribution in [0.4, 0.5) is 0 Å². The molecule has 1 saturated heterocycles. The van der Waals surface area contributed by atoms with Gasteiger partial charge in [0.2, 0.25) is 20.0 Å². The number of hydrogen-bond donors (Lipinski definition) is 1. The summed E-state index contributed by atoms with van der Waals surface area (Å²) in [5.41, 5.74) is -1.29. The molecule has 0 radical (unpaired) electrons. The van der Waals surface area contributed by atoms with E-state index >= 15 is 0 Å². The van der Waals surface area contributed by atoms with Crippen LogP contribution in [-0.2, 0) is 29.9 Å².